The number of nitrogens with zero attached hydrogens (tertiary/aromatic N) is 2. The van der Waals surface area contributed by atoms with Crippen LogP contribution in [-0.2, 0) is 10.8 Å². The lowest BCUT2D eigenvalue weighted by Gasteiger charge is -2.04. The largest absolute Gasteiger partial charge is 0.253 e. The molecule has 3 nitrogen and oxygen atoms in total. The quantitative estimate of drug-likeness (QED) is 0.786. The zero-order valence-electron chi connectivity index (χ0n) is 9.78. The number of halogens is 2. The molecule has 0 amide bonds. The van der Waals surface area contributed by atoms with E-state index in [0.717, 1.165) is 6.20 Å². The van der Waals surface area contributed by atoms with Gasteiger partial charge in [0, 0.05) is 11.8 Å². The van der Waals surface area contributed by atoms with Gasteiger partial charge in [0.2, 0.25) is 0 Å². The highest BCUT2D eigenvalue weighted by Crippen LogP contribution is 2.20. The highest BCUT2D eigenvalue weighted by Gasteiger charge is 2.12. The van der Waals surface area contributed by atoms with Gasteiger partial charge < -0.3 is 0 Å². The molecule has 6 heteroatoms. The average molecular weight is 268 g/mol. The molecule has 0 saturated carbocycles. The molecular weight excluding hydrogens is 258 g/mol. The molecule has 0 aliphatic rings. The first-order valence-electron chi connectivity index (χ1n) is 5.11. The number of rotatable bonds is 2. The third-order valence-corrected chi connectivity index (χ3v) is 3.12. The van der Waals surface area contributed by atoms with E-state index in [1.807, 2.05) is 0 Å². The van der Waals surface area contributed by atoms with E-state index in [1.165, 1.54) is 18.4 Å². The lowest BCUT2D eigenvalue weighted by Crippen LogP contribution is -2.01. The van der Waals surface area contributed by atoms with Gasteiger partial charge in [-0.05, 0) is 30.7 Å². The number of hydrogen-bond donors (Lipinski definition) is 0. The molecule has 0 bridgehead atoms. The maximum atomic E-state index is 13.3. The van der Waals surface area contributed by atoms with Crippen LogP contribution in [-0.4, -0.2) is 20.4 Å². The summed E-state index contributed by atoms with van der Waals surface area (Å²) in [5, 5.41) is -0.179. The Labute approximate surface area is 105 Å². The molecule has 18 heavy (non-hydrogen) atoms. The number of benzene rings is 1. The molecule has 0 N–H and O–H groups in total. The standard InChI is InChI=1S/C12H10F2N2OS/c1-7-3-8(5-9(13)4-7)11-15-6-10(14)12(16-11)18(2)17/h3-6H,1-2H3. The minimum absolute atomic E-state index is 0.157. The molecule has 2 aromatic rings. The summed E-state index contributed by atoms with van der Waals surface area (Å²) in [5.74, 6) is -0.992. The number of aryl methyl sites for hydroxylation is 1. The first-order chi connectivity index (χ1) is 8.47. The van der Waals surface area contributed by atoms with Crippen LogP contribution in [0.5, 0.6) is 0 Å². The third kappa shape index (κ3) is 2.59. The van der Waals surface area contributed by atoms with Gasteiger partial charge in [0.05, 0.1) is 17.0 Å². The van der Waals surface area contributed by atoms with Crippen molar-refractivity contribution in [3.8, 4) is 11.4 Å². The molecule has 0 aliphatic heterocycles. The zero-order chi connectivity index (χ0) is 13.3. The SMILES string of the molecule is Cc1cc(F)cc(-c2ncc(F)c(S(C)=O)n2)c1. The summed E-state index contributed by atoms with van der Waals surface area (Å²) in [5.41, 5.74) is 1.14. The molecule has 0 saturated heterocycles. The average Bonchev–Trinajstić information content (AvgIpc) is 2.27. The van der Waals surface area contributed by atoms with Crippen LogP contribution in [0.4, 0.5) is 8.78 Å². The van der Waals surface area contributed by atoms with Gasteiger partial charge in [-0.2, -0.15) is 0 Å². The lowest BCUT2D eigenvalue weighted by atomic mass is 10.1. The Morgan fingerprint density at radius 1 is 1.22 bits per heavy atom. The van der Waals surface area contributed by atoms with Gasteiger partial charge in [0.15, 0.2) is 16.7 Å². The summed E-state index contributed by atoms with van der Waals surface area (Å²) in [4.78, 5) is 7.66. The van der Waals surface area contributed by atoms with Crippen molar-refractivity contribution in [2.24, 2.45) is 0 Å². The van der Waals surface area contributed by atoms with Gasteiger partial charge in [-0.3, -0.25) is 4.21 Å². The Morgan fingerprint density at radius 3 is 2.56 bits per heavy atom. The summed E-state index contributed by atoms with van der Waals surface area (Å²) in [7, 11) is -1.56. The zero-order valence-corrected chi connectivity index (χ0v) is 10.6. The van der Waals surface area contributed by atoms with Gasteiger partial charge >= 0.3 is 0 Å². The molecule has 1 atom stereocenters. The Balaban J connectivity index is 2.57. The summed E-state index contributed by atoms with van der Waals surface area (Å²) < 4.78 is 37.9. The van der Waals surface area contributed by atoms with E-state index < -0.39 is 22.4 Å². The smallest absolute Gasteiger partial charge is 0.176 e. The monoisotopic (exact) mass is 268 g/mol. The molecule has 0 fully saturated rings. The second kappa shape index (κ2) is 4.89. The van der Waals surface area contributed by atoms with Crippen LogP contribution in [0.1, 0.15) is 5.56 Å². The lowest BCUT2D eigenvalue weighted by molar-refractivity contribution is 0.573. The summed E-state index contributed by atoms with van der Waals surface area (Å²) in [6.45, 7) is 1.73. The molecule has 1 aromatic heterocycles. The van der Waals surface area contributed by atoms with Crippen LogP contribution in [0.2, 0.25) is 0 Å². The fraction of sp³-hybridized carbons (Fsp3) is 0.167. The Bertz CT molecular complexity index is 611. The van der Waals surface area contributed by atoms with Crippen molar-refractivity contribution >= 4 is 10.8 Å². The Hall–Kier alpha value is -1.69. The van der Waals surface area contributed by atoms with Gasteiger partial charge in [-0.1, -0.05) is 0 Å². The van der Waals surface area contributed by atoms with Crippen molar-refractivity contribution in [3.63, 3.8) is 0 Å². The Kier molecular flexibility index (Phi) is 3.47. The third-order valence-electron chi connectivity index (χ3n) is 2.28. The van der Waals surface area contributed by atoms with Crippen LogP contribution < -0.4 is 0 Å². The van der Waals surface area contributed by atoms with E-state index in [-0.39, 0.29) is 10.9 Å². The summed E-state index contributed by atoms with van der Waals surface area (Å²) in [6, 6.07) is 4.30. The minimum atomic E-state index is -1.56. The van der Waals surface area contributed by atoms with E-state index in [1.54, 1.807) is 13.0 Å². The molecule has 94 valence electrons. The van der Waals surface area contributed by atoms with E-state index in [2.05, 4.69) is 9.97 Å². The normalized spacial score (nSPS) is 12.4. The highest BCUT2D eigenvalue weighted by atomic mass is 32.2. The van der Waals surface area contributed by atoms with Crippen molar-refractivity contribution in [2.75, 3.05) is 6.26 Å². The van der Waals surface area contributed by atoms with Crippen LogP contribution in [0.3, 0.4) is 0 Å². The maximum Gasteiger partial charge on any atom is 0.176 e. The van der Waals surface area contributed by atoms with Gasteiger partial charge in [-0.25, -0.2) is 18.7 Å². The molecule has 0 aliphatic carbocycles. The number of hydrogen-bond acceptors (Lipinski definition) is 3. The maximum absolute atomic E-state index is 13.3. The van der Waals surface area contributed by atoms with Crippen molar-refractivity contribution in [1.82, 2.24) is 9.97 Å². The first-order valence-corrected chi connectivity index (χ1v) is 6.66. The predicted molar refractivity (Wildman–Crippen MR) is 64.5 cm³/mol. The molecule has 2 rings (SSSR count). The van der Waals surface area contributed by atoms with Crippen molar-refractivity contribution in [3.05, 3.63) is 41.6 Å². The topological polar surface area (TPSA) is 42.9 Å². The van der Waals surface area contributed by atoms with Gasteiger partial charge in [0.25, 0.3) is 0 Å². The summed E-state index contributed by atoms with van der Waals surface area (Å²) in [6.07, 6.45) is 2.27. The number of aromatic nitrogens is 2. The van der Waals surface area contributed by atoms with Crippen LogP contribution in [0, 0.1) is 18.6 Å². The van der Waals surface area contributed by atoms with E-state index >= 15 is 0 Å². The van der Waals surface area contributed by atoms with E-state index in [0.29, 0.717) is 11.1 Å². The highest BCUT2D eigenvalue weighted by molar-refractivity contribution is 7.84. The fourth-order valence-electron chi connectivity index (χ4n) is 1.56. The minimum Gasteiger partial charge on any atom is -0.253 e. The Morgan fingerprint density at radius 2 is 1.94 bits per heavy atom. The molecule has 0 radical (unpaired) electrons. The second-order valence-electron chi connectivity index (χ2n) is 3.82. The fourth-order valence-corrected chi connectivity index (χ4v) is 2.10. The van der Waals surface area contributed by atoms with Crippen LogP contribution >= 0.6 is 0 Å². The second-order valence-corrected chi connectivity index (χ2v) is 5.11. The van der Waals surface area contributed by atoms with Crippen LogP contribution in [0.15, 0.2) is 29.4 Å². The van der Waals surface area contributed by atoms with E-state index in [4.69, 9.17) is 0 Å². The van der Waals surface area contributed by atoms with Crippen LogP contribution in [0.25, 0.3) is 11.4 Å². The van der Waals surface area contributed by atoms with Crippen molar-refractivity contribution < 1.29 is 13.0 Å². The molecule has 0 spiro atoms. The molecular formula is C12H10F2N2OS. The van der Waals surface area contributed by atoms with E-state index in [9.17, 15) is 13.0 Å². The molecule has 1 aromatic carbocycles. The predicted octanol–water partition coefficient (Wildman–Crippen LogP) is 2.47. The van der Waals surface area contributed by atoms with Crippen molar-refractivity contribution in [2.45, 2.75) is 11.9 Å². The summed E-state index contributed by atoms with van der Waals surface area (Å²) >= 11 is 0. The van der Waals surface area contributed by atoms with Gasteiger partial charge in [-0.15, -0.1) is 0 Å². The molecule has 1 heterocycles. The van der Waals surface area contributed by atoms with Crippen molar-refractivity contribution in [1.29, 1.82) is 0 Å². The first kappa shape index (κ1) is 12.8. The molecule has 1 unspecified atom stereocenters. The van der Waals surface area contributed by atoms with Gasteiger partial charge in [0.1, 0.15) is 5.82 Å².